The number of unbranched alkanes of at least 4 members (excludes halogenated alkanes) is 28. The first-order valence-electron chi connectivity index (χ1n) is 27.2. The second kappa shape index (κ2) is 53.2. The highest BCUT2D eigenvalue weighted by atomic mass is 16.6. The third-order valence-electron chi connectivity index (χ3n) is 11.5. The monoisotopic (exact) mass is 905 g/mol. The molecule has 0 amide bonds. The van der Waals surface area contributed by atoms with Gasteiger partial charge in [-0.1, -0.05) is 260 Å². The fourth-order valence-corrected chi connectivity index (χ4v) is 7.46. The maximum absolute atomic E-state index is 12.8. The Morgan fingerprint density at radius 3 is 1.02 bits per heavy atom. The standard InChI is InChI=1S/C59H100O6/c1-4-7-10-13-16-19-22-25-27-29-30-32-34-37-40-43-46-49-52-58(61)64-55-56(54-63-57(60)51-48-45-42-39-36-33-24-21-18-15-12-9-6-3)65-59(62)53-50-47-44-41-38-35-31-28-26-23-20-17-14-11-8-5-2/h9,12,15,18,21,24,27,29-30,32-33,36,39,42,56H,4-8,10-11,13-14,16-17,19-20,22-23,25-26,28,31,34-35,37-38,40-41,43-55H2,1-3H3/b12-9+,18-15+,24-21+,29-27+,32-30+,36-33+,42-39+. The van der Waals surface area contributed by atoms with E-state index in [-0.39, 0.29) is 37.5 Å². The summed E-state index contributed by atoms with van der Waals surface area (Å²) < 4.78 is 16.7. The summed E-state index contributed by atoms with van der Waals surface area (Å²) in [7, 11) is 0. The van der Waals surface area contributed by atoms with Crippen molar-refractivity contribution in [2.24, 2.45) is 0 Å². The Balaban J connectivity index is 4.47. The average Bonchev–Trinajstić information content (AvgIpc) is 3.30. The van der Waals surface area contributed by atoms with E-state index in [0.717, 1.165) is 70.6 Å². The molecule has 0 aromatic carbocycles. The van der Waals surface area contributed by atoms with E-state index < -0.39 is 6.10 Å². The summed E-state index contributed by atoms with van der Waals surface area (Å²) >= 11 is 0. The molecule has 0 heterocycles. The van der Waals surface area contributed by atoms with Gasteiger partial charge in [-0.05, 0) is 57.8 Å². The molecule has 0 fully saturated rings. The van der Waals surface area contributed by atoms with E-state index >= 15 is 0 Å². The fourth-order valence-electron chi connectivity index (χ4n) is 7.46. The molecule has 0 aromatic heterocycles. The van der Waals surface area contributed by atoms with E-state index in [9.17, 15) is 14.4 Å². The number of rotatable bonds is 48. The zero-order chi connectivity index (χ0) is 47.2. The SMILES string of the molecule is CC/C=C/C=C/C=C/C=C/C=C/CCCC(=O)OCC(COC(=O)CCCCCCC/C=C/C=C/CCCCCCCCC)OC(=O)CCCCCCCCCCCCCCCCCC. The summed E-state index contributed by atoms with van der Waals surface area (Å²) in [6.45, 7) is 6.42. The highest BCUT2D eigenvalue weighted by Crippen LogP contribution is 2.15. The van der Waals surface area contributed by atoms with Crippen LogP contribution in [0.4, 0.5) is 0 Å². The Hall–Kier alpha value is -3.41. The van der Waals surface area contributed by atoms with Crippen molar-refractivity contribution in [2.45, 2.75) is 258 Å². The first kappa shape index (κ1) is 61.6. The molecule has 0 spiro atoms. The van der Waals surface area contributed by atoms with Crippen molar-refractivity contribution in [2.75, 3.05) is 13.2 Å². The van der Waals surface area contributed by atoms with E-state index in [1.54, 1.807) is 0 Å². The first-order valence-corrected chi connectivity index (χ1v) is 27.2. The maximum Gasteiger partial charge on any atom is 0.306 e. The fraction of sp³-hybridized carbons (Fsp3) is 0.712. The van der Waals surface area contributed by atoms with Crippen LogP contribution in [0.1, 0.15) is 252 Å². The van der Waals surface area contributed by atoms with Crippen molar-refractivity contribution in [1.29, 1.82) is 0 Å². The molecule has 0 aliphatic rings. The molecule has 0 radical (unpaired) electrons. The summed E-state index contributed by atoms with van der Waals surface area (Å²) in [4.78, 5) is 38.0. The van der Waals surface area contributed by atoms with Crippen molar-refractivity contribution in [1.82, 2.24) is 0 Å². The Kier molecular flexibility index (Phi) is 50.4. The highest BCUT2D eigenvalue weighted by Gasteiger charge is 2.19. The van der Waals surface area contributed by atoms with Gasteiger partial charge in [0.1, 0.15) is 13.2 Å². The van der Waals surface area contributed by atoms with Gasteiger partial charge in [0.2, 0.25) is 0 Å². The van der Waals surface area contributed by atoms with Gasteiger partial charge in [-0.25, -0.2) is 0 Å². The van der Waals surface area contributed by atoms with Crippen LogP contribution >= 0.6 is 0 Å². The van der Waals surface area contributed by atoms with Crippen LogP contribution in [-0.2, 0) is 28.6 Å². The molecule has 6 heteroatoms. The minimum atomic E-state index is -0.810. The number of carbonyl (C=O) groups excluding carboxylic acids is 3. The summed E-state index contributed by atoms with van der Waals surface area (Å²) in [6.07, 6.45) is 68.6. The zero-order valence-electron chi connectivity index (χ0n) is 42.5. The van der Waals surface area contributed by atoms with Crippen LogP contribution in [0.15, 0.2) is 85.1 Å². The van der Waals surface area contributed by atoms with Gasteiger partial charge in [0, 0.05) is 19.3 Å². The van der Waals surface area contributed by atoms with Gasteiger partial charge in [-0.2, -0.15) is 0 Å². The Morgan fingerprint density at radius 2 is 0.615 bits per heavy atom. The molecule has 1 atom stereocenters. The van der Waals surface area contributed by atoms with Gasteiger partial charge >= 0.3 is 17.9 Å². The topological polar surface area (TPSA) is 78.9 Å². The van der Waals surface area contributed by atoms with Gasteiger partial charge in [0.05, 0.1) is 0 Å². The predicted molar refractivity (Wildman–Crippen MR) is 279 cm³/mol. The number of esters is 3. The molecule has 6 nitrogen and oxygen atoms in total. The van der Waals surface area contributed by atoms with E-state index in [4.69, 9.17) is 14.2 Å². The molecule has 0 aliphatic carbocycles. The molecule has 0 rings (SSSR count). The number of allylic oxidation sites excluding steroid dienone is 14. The number of hydrogen-bond donors (Lipinski definition) is 0. The zero-order valence-corrected chi connectivity index (χ0v) is 42.5. The lowest BCUT2D eigenvalue weighted by atomic mass is 10.0. The van der Waals surface area contributed by atoms with Crippen LogP contribution < -0.4 is 0 Å². The van der Waals surface area contributed by atoms with Crippen molar-refractivity contribution in [3.05, 3.63) is 85.1 Å². The van der Waals surface area contributed by atoms with Gasteiger partial charge in [-0.3, -0.25) is 14.4 Å². The minimum Gasteiger partial charge on any atom is -0.462 e. The Bertz CT molecular complexity index is 1270. The lowest BCUT2D eigenvalue weighted by Gasteiger charge is -2.18. The first-order chi connectivity index (χ1) is 32.0. The smallest absolute Gasteiger partial charge is 0.306 e. The average molecular weight is 905 g/mol. The maximum atomic E-state index is 12.8. The van der Waals surface area contributed by atoms with Crippen LogP contribution in [0.3, 0.4) is 0 Å². The van der Waals surface area contributed by atoms with Crippen LogP contribution in [-0.4, -0.2) is 37.2 Å². The largest absolute Gasteiger partial charge is 0.462 e. The summed E-state index contributed by atoms with van der Waals surface area (Å²) in [5, 5.41) is 0. The van der Waals surface area contributed by atoms with E-state index in [0.29, 0.717) is 19.3 Å². The van der Waals surface area contributed by atoms with Crippen LogP contribution in [0.5, 0.6) is 0 Å². The lowest BCUT2D eigenvalue weighted by Crippen LogP contribution is -2.30. The highest BCUT2D eigenvalue weighted by molar-refractivity contribution is 5.71. The Morgan fingerprint density at radius 1 is 0.323 bits per heavy atom. The summed E-state index contributed by atoms with van der Waals surface area (Å²) in [5.74, 6) is -0.991. The number of hydrogen-bond acceptors (Lipinski definition) is 6. The third kappa shape index (κ3) is 51.4. The number of carbonyl (C=O) groups is 3. The molecule has 65 heavy (non-hydrogen) atoms. The molecular weight excluding hydrogens is 805 g/mol. The third-order valence-corrected chi connectivity index (χ3v) is 11.5. The Labute approximate surface area is 401 Å². The van der Waals surface area contributed by atoms with Gasteiger partial charge in [-0.15, -0.1) is 0 Å². The minimum absolute atomic E-state index is 0.106. The van der Waals surface area contributed by atoms with Gasteiger partial charge in [0.25, 0.3) is 0 Å². The lowest BCUT2D eigenvalue weighted by molar-refractivity contribution is -0.167. The molecule has 0 saturated carbocycles. The summed E-state index contributed by atoms with van der Waals surface area (Å²) in [6, 6.07) is 0. The molecular formula is C59H100O6. The second-order valence-corrected chi connectivity index (χ2v) is 17.9. The van der Waals surface area contributed by atoms with Crippen molar-refractivity contribution in [3.63, 3.8) is 0 Å². The molecule has 0 aromatic rings. The van der Waals surface area contributed by atoms with E-state index in [2.05, 4.69) is 51.2 Å². The second-order valence-electron chi connectivity index (χ2n) is 17.9. The molecule has 0 aliphatic heterocycles. The quantitative estimate of drug-likeness (QED) is 0.0262. The van der Waals surface area contributed by atoms with Gasteiger partial charge in [0.15, 0.2) is 6.10 Å². The van der Waals surface area contributed by atoms with Crippen LogP contribution in [0.2, 0.25) is 0 Å². The molecule has 372 valence electrons. The molecule has 1 unspecified atom stereocenters. The van der Waals surface area contributed by atoms with Crippen molar-refractivity contribution in [3.8, 4) is 0 Å². The molecule has 0 saturated heterocycles. The van der Waals surface area contributed by atoms with Crippen LogP contribution in [0, 0.1) is 0 Å². The molecule has 0 N–H and O–H groups in total. The van der Waals surface area contributed by atoms with Crippen LogP contribution in [0.25, 0.3) is 0 Å². The molecule has 0 bridgehead atoms. The number of ether oxygens (including phenoxy) is 3. The van der Waals surface area contributed by atoms with E-state index in [1.807, 2.05) is 54.7 Å². The van der Waals surface area contributed by atoms with Crippen molar-refractivity contribution < 1.29 is 28.6 Å². The van der Waals surface area contributed by atoms with Crippen molar-refractivity contribution >= 4 is 17.9 Å². The predicted octanol–water partition coefficient (Wildman–Crippen LogP) is 18.0. The normalized spacial score (nSPS) is 12.7. The van der Waals surface area contributed by atoms with Gasteiger partial charge < -0.3 is 14.2 Å². The summed E-state index contributed by atoms with van der Waals surface area (Å²) in [5.41, 5.74) is 0. The van der Waals surface area contributed by atoms with E-state index in [1.165, 1.54) is 135 Å².